The third-order valence-electron chi connectivity index (χ3n) is 2.64. The number of hydrogen-bond acceptors (Lipinski definition) is 3. The molecule has 1 heterocycles. The van der Waals surface area contributed by atoms with Crippen LogP contribution in [0.3, 0.4) is 0 Å². The molecule has 1 aromatic rings. The lowest BCUT2D eigenvalue weighted by Crippen LogP contribution is -2.30. The molecule has 0 aliphatic rings. The lowest BCUT2D eigenvalue weighted by atomic mass is 9.98. The van der Waals surface area contributed by atoms with Crippen molar-refractivity contribution in [1.29, 1.82) is 0 Å². The van der Waals surface area contributed by atoms with Gasteiger partial charge in [-0.1, -0.05) is 6.92 Å². The lowest BCUT2D eigenvalue weighted by Gasteiger charge is -2.25. The molecule has 1 unspecified atom stereocenters. The minimum Gasteiger partial charge on any atom is -0.384 e. The molecule has 5 heteroatoms. The van der Waals surface area contributed by atoms with Crippen LogP contribution in [0.2, 0.25) is 0 Å². The van der Waals surface area contributed by atoms with Crippen molar-refractivity contribution < 1.29 is 5.11 Å². The number of rotatable bonds is 6. The molecule has 0 bridgehead atoms. The molecule has 0 aromatic carbocycles. The van der Waals surface area contributed by atoms with E-state index in [0.717, 1.165) is 29.8 Å². The Labute approximate surface area is 105 Å². The highest BCUT2D eigenvalue weighted by molar-refractivity contribution is 9.10. The van der Waals surface area contributed by atoms with Crippen LogP contribution in [0.4, 0.5) is 0 Å². The first kappa shape index (κ1) is 13.7. The highest BCUT2D eigenvalue weighted by Gasteiger charge is 2.29. The van der Waals surface area contributed by atoms with Gasteiger partial charge < -0.3 is 10.4 Å². The summed E-state index contributed by atoms with van der Waals surface area (Å²) in [5, 5.41) is 17.9. The van der Waals surface area contributed by atoms with Gasteiger partial charge in [-0.3, -0.25) is 4.68 Å². The van der Waals surface area contributed by atoms with Gasteiger partial charge in [0.05, 0.1) is 16.4 Å². The fourth-order valence-electron chi connectivity index (χ4n) is 1.76. The first-order valence-corrected chi connectivity index (χ1v) is 6.47. The van der Waals surface area contributed by atoms with Gasteiger partial charge in [0.1, 0.15) is 5.60 Å². The predicted octanol–water partition coefficient (Wildman–Crippen LogP) is 1.87. The van der Waals surface area contributed by atoms with Gasteiger partial charge >= 0.3 is 0 Å². The molecule has 4 nitrogen and oxygen atoms in total. The normalized spacial score (nSPS) is 15.1. The number of hydrogen-bond donors (Lipinski definition) is 2. The summed E-state index contributed by atoms with van der Waals surface area (Å²) < 4.78 is 2.70. The summed E-state index contributed by atoms with van der Waals surface area (Å²) in [5.41, 5.74) is 0.000882. The first-order chi connectivity index (χ1) is 7.53. The van der Waals surface area contributed by atoms with Gasteiger partial charge in [-0.05, 0) is 49.3 Å². The molecule has 0 aliphatic heterocycles. The van der Waals surface area contributed by atoms with Crippen LogP contribution in [0.1, 0.15) is 32.9 Å². The van der Waals surface area contributed by atoms with Gasteiger partial charge in [-0.25, -0.2) is 0 Å². The largest absolute Gasteiger partial charge is 0.384 e. The first-order valence-electron chi connectivity index (χ1n) is 5.67. The van der Waals surface area contributed by atoms with Gasteiger partial charge in [0, 0.05) is 6.54 Å². The van der Waals surface area contributed by atoms with E-state index in [4.69, 9.17) is 0 Å². The van der Waals surface area contributed by atoms with Gasteiger partial charge in [-0.2, -0.15) is 5.10 Å². The fraction of sp³-hybridized carbons (Fsp3) is 0.727. The Morgan fingerprint density at radius 1 is 1.56 bits per heavy atom. The van der Waals surface area contributed by atoms with Crippen molar-refractivity contribution in [2.24, 2.45) is 0 Å². The zero-order chi connectivity index (χ0) is 12.2. The van der Waals surface area contributed by atoms with E-state index in [0.29, 0.717) is 6.42 Å². The number of aromatic nitrogens is 2. The van der Waals surface area contributed by atoms with Gasteiger partial charge in [0.25, 0.3) is 0 Å². The molecule has 1 rings (SSSR count). The van der Waals surface area contributed by atoms with Gasteiger partial charge in [-0.15, -0.1) is 0 Å². The Balaban J connectivity index is 2.83. The molecule has 0 radical (unpaired) electrons. The van der Waals surface area contributed by atoms with Crippen molar-refractivity contribution in [3.8, 4) is 0 Å². The zero-order valence-corrected chi connectivity index (χ0v) is 11.7. The SMILES string of the molecule is CCNCCC(C)(O)c1c(Br)cnn1CC. The number of halogens is 1. The summed E-state index contributed by atoms with van der Waals surface area (Å²) >= 11 is 3.44. The Bertz CT molecular complexity index is 336. The van der Waals surface area contributed by atoms with Crippen molar-refractivity contribution in [2.45, 2.75) is 39.3 Å². The van der Waals surface area contributed by atoms with Crippen LogP contribution in [0, 0.1) is 0 Å². The average molecular weight is 290 g/mol. The van der Waals surface area contributed by atoms with Crippen molar-refractivity contribution in [3.63, 3.8) is 0 Å². The number of nitrogens with one attached hydrogen (secondary N) is 1. The predicted molar refractivity (Wildman–Crippen MR) is 68.3 cm³/mol. The van der Waals surface area contributed by atoms with Crippen molar-refractivity contribution >= 4 is 15.9 Å². The second-order valence-electron chi connectivity index (χ2n) is 4.03. The molecule has 16 heavy (non-hydrogen) atoms. The molecule has 0 spiro atoms. The summed E-state index contributed by atoms with van der Waals surface area (Å²) in [6.07, 6.45) is 2.41. The lowest BCUT2D eigenvalue weighted by molar-refractivity contribution is 0.0381. The van der Waals surface area contributed by atoms with Crippen molar-refractivity contribution in [3.05, 3.63) is 16.4 Å². The van der Waals surface area contributed by atoms with Crippen LogP contribution in [0.5, 0.6) is 0 Å². The summed E-state index contributed by atoms with van der Waals surface area (Å²) in [6.45, 7) is 8.38. The molecule has 1 aromatic heterocycles. The van der Waals surface area contributed by atoms with Crippen molar-refractivity contribution in [1.82, 2.24) is 15.1 Å². The summed E-state index contributed by atoms with van der Waals surface area (Å²) in [7, 11) is 0. The summed E-state index contributed by atoms with van der Waals surface area (Å²) in [6, 6.07) is 0. The van der Waals surface area contributed by atoms with E-state index in [9.17, 15) is 5.11 Å². The smallest absolute Gasteiger partial charge is 0.106 e. The molecule has 92 valence electrons. The maximum absolute atomic E-state index is 10.5. The Hall–Kier alpha value is -0.390. The molecule has 0 amide bonds. The van der Waals surface area contributed by atoms with E-state index < -0.39 is 5.60 Å². The Morgan fingerprint density at radius 2 is 2.25 bits per heavy atom. The van der Waals surface area contributed by atoms with Crippen LogP contribution in [0.15, 0.2) is 10.7 Å². The molecule has 1 atom stereocenters. The van der Waals surface area contributed by atoms with Crippen LogP contribution >= 0.6 is 15.9 Å². The maximum atomic E-state index is 10.5. The quantitative estimate of drug-likeness (QED) is 0.786. The third-order valence-corrected chi connectivity index (χ3v) is 3.22. The molecule has 0 saturated carbocycles. The third kappa shape index (κ3) is 3.06. The number of nitrogens with zero attached hydrogens (tertiary/aromatic N) is 2. The van der Waals surface area contributed by atoms with E-state index in [1.165, 1.54) is 0 Å². The minimum atomic E-state index is -0.854. The topological polar surface area (TPSA) is 50.1 Å². The van der Waals surface area contributed by atoms with E-state index in [-0.39, 0.29) is 0 Å². The Morgan fingerprint density at radius 3 is 2.81 bits per heavy atom. The highest BCUT2D eigenvalue weighted by atomic mass is 79.9. The maximum Gasteiger partial charge on any atom is 0.106 e. The minimum absolute atomic E-state index is 0.672. The van der Waals surface area contributed by atoms with E-state index in [1.54, 1.807) is 6.20 Å². The van der Waals surface area contributed by atoms with E-state index >= 15 is 0 Å². The summed E-state index contributed by atoms with van der Waals surface area (Å²) in [4.78, 5) is 0. The number of aryl methyl sites for hydroxylation is 1. The standard InChI is InChI=1S/C11H20BrN3O/c1-4-13-7-6-11(3,16)10-9(12)8-14-15(10)5-2/h8,13,16H,4-7H2,1-3H3. The molecular weight excluding hydrogens is 270 g/mol. The fourth-order valence-corrected chi connectivity index (χ4v) is 2.49. The zero-order valence-electron chi connectivity index (χ0n) is 10.1. The van der Waals surface area contributed by atoms with Crippen LogP contribution in [0.25, 0.3) is 0 Å². The Kier molecular flexibility index (Phi) is 4.95. The van der Waals surface area contributed by atoms with E-state index in [2.05, 4.69) is 33.3 Å². The van der Waals surface area contributed by atoms with Crippen LogP contribution in [-0.4, -0.2) is 28.0 Å². The number of aliphatic hydroxyl groups is 1. The van der Waals surface area contributed by atoms with Crippen LogP contribution < -0.4 is 5.32 Å². The second-order valence-corrected chi connectivity index (χ2v) is 4.89. The average Bonchev–Trinajstić information content (AvgIpc) is 2.60. The molecule has 0 fully saturated rings. The highest BCUT2D eigenvalue weighted by Crippen LogP contribution is 2.30. The molecule has 0 aliphatic carbocycles. The molecule has 2 N–H and O–H groups in total. The van der Waals surface area contributed by atoms with Crippen molar-refractivity contribution in [2.75, 3.05) is 13.1 Å². The van der Waals surface area contributed by atoms with Gasteiger partial charge in [0.15, 0.2) is 0 Å². The molecule has 0 saturated heterocycles. The van der Waals surface area contributed by atoms with Gasteiger partial charge in [0.2, 0.25) is 0 Å². The summed E-state index contributed by atoms with van der Waals surface area (Å²) in [5.74, 6) is 0. The van der Waals surface area contributed by atoms with Crippen LogP contribution in [-0.2, 0) is 12.1 Å². The van der Waals surface area contributed by atoms with E-state index in [1.807, 2.05) is 18.5 Å². The monoisotopic (exact) mass is 289 g/mol. The second kappa shape index (κ2) is 5.80. The molecular formula is C11H20BrN3O.